The van der Waals surface area contributed by atoms with Crippen LogP contribution in [0, 0.1) is 17.5 Å². The molecule has 0 radical (unpaired) electrons. The van der Waals surface area contributed by atoms with Crippen molar-refractivity contribution in [1.29, 1.82) is 0 Å². The van der Waals surface area contributed by atoms with Gasteiger partial charge in [0.2, 0.25) is 5.82 Å². The summed E-state index contributed by atoms with van der Waals surface area (Å²) in [4.78, 5) is 0. The van der Waals surface area contributed by atoms with E-state index in [1.807, 2.05) is 13.8 Å². The number of nitrogens with one attached hydrogen (secondary N) is 1. The molecule has 0 amide bonds. The van der Waals surface area contributed by atoms with Gasteiger partial charge < -0.3 is 10.1 Å². The number of ether oxygens (including phenoxy) is 1. The van der Waals surface area contributed by atoms with Gasteiger partial charge in [-0.2, -0.15) is 4.39 Å². The third kappa shape index (κ3) is 3.55. The van der Waals surface area contributed by atoms with E-state index >= 15 is 0 Å². The monoisotopic (exact) mass is 295 g/mol. The summed E-state index contributed by atoms with van der Waals surface area (Å²) < 4.78 is 45.7. The highest BCUT2D eigenvalue weighted by molar-refractivity contribution is 5.36. The van der Waals surface area contributed by atoms with Gasteiger partial charge in [0, 0.05) is 6.04 Å². The maximum absolute atomic E-state index is 14.0. The Balaban J connectivity index is 2.23. The first-order chi connectivity index (χ1) is 10.0. The SMILES string of the molecule is CCNC(C)c1ccc(Oc2cccc(F)c2F)c(F)c1. The van der Waals surface area contributed by atoms with Crippen LogP contribution in [0.2, 0.25) is 0 Å². The predicted molar refractivity (Wildman–Crippen MR) is 74.9 cm³/mol. The molecule has 0 aliphatic rings. The second-order valence-electron chi connectivity index (χ2n) is 4.62. The molecule has 1 N–H and O–H groups in total. The van der Waals surface area contributed by atoms with Crippen molar-refractivity contribution in [3.8, 4) is 11.5 Å². The third-order valence-electron chi connectivity index (χ3n) is 3.10. The van der Waals surface area contributed by atoms with Crippen molar-refractivity contribution in [2.24, 2.45) is 0 Å². The summed E-state index contributed by atoms with van der Waals surface area (Å²) in [6.07, 6.45) is 0. The summed E-state index contributed by atoms with van der Waals surface area (Å²) >= 11 is 0. The van der Waals surface area contributed by atoms with Crippen molar-refractivity contribution >= 4 is 0 Å². The zero-order valence-corrected chi connectivity index (χ0v) is 11.8. The summed E-state index contributed by atoms with van der Waals surface area (Å²) in [5, 5.41) is 3.16. The molecule has 0 aromatic heterocycles. The van der Waals surface area contributed by atoms with Gasteiger partial charge >= 0.3 is 0 Å². The molecule has 21 heavy (non-hydrogen) atoms. The van der Waals surface area contributed by atoms with Gasteiger partial charge in [-0.05, 0) is 43.3 Å². The van der Waals surface area contributed by atoms with Gasteiger partial charge in [-0.1, -0.05) is 19.1 Å². The van der Waals surface area contributed by atoms with Gasteiger partial charge in [-0.3, -0.25) is 0 Å². The Labute approximate surface area is 121 Å². The summed E-state index contributed by atoms with van der Waals surface area (Å²) in [7, 11) is 0. The van der Waals surface area contributed by atoms with Gasteiger partial charge in [0.1, 0.15) is 0 Å². The Hall–Kier alpha value is -2.01. The van der Waals surface area contributed by atoms with E-state index < -0.39 is 17.5 Å². The number of halogens is 3. The van der Waals surface area contributed by atoms with Crippen molar-refractivity contribution in [1.82, 2.24) is 5.32 Å². The molecule has 0 spiro atoms. The average Bonchev–Trinajstić information content (AvgIpc) is 2.46. The lowest BCUT2D eigenvalue weighted by Crippen LogP contribution is -2.17. The quantitative estimate of drug-likeness (QED) is 0.872. The van der Waals surface area contributed by atoms with Crippen LogP contribution in [0.4, 0.5) is 13.2 Å². The van der Waals surface area contributed by atoms with Crippen molar-refractivity contribution in [2.75, 3.05) is 6.54 Å². The fraction of sp³-hybridized carbons (Fsp3) is 0.250. The molecular weight excluding hydrogens is 279 g/mol. The summed E-state index contributed by atoms with van der Waals surface area (Å²) in [5.41, 5.74) is 0.751. The summed E-state index contributed by atoms with van der Waals surface area (Å²) in [6, 6.07) is 7.91. The van der Waals surface area contributed by atoms with Crippen LogP contribution in [-0.4, -0.2) is 6.54 Å². The van der Waals surface area contributed by atoms with Crippen molar-refractivity contribution in [2.45, 2.75) is 19.9 Å². The molecule has 1 atom stereocenters. The highest BCUT2D eigenvalue weighted by Gasteiger charge is 2.13. The normalized spacial score (nSPS) is 12.2. The minimum absolute atomic E-state index is 0.00976. The molecule has 112 valence electrons. The lowest BCUT2D eigenvalue weighted by molar-refractivity contribution is 0.396. The molecule has 0 fully saturated rings. The van der Waals surface area contributed by atoms with E-state index in [9.17, 15) is 13.2 Å². The van der Waals surface area contributed by atoms with Gasteiger partial charge in [0.05, 0.1) is 0 Å². The minimum atomic E-state index is -1.14. The number of benzene rings is 2. The topological polar surface area (TPSA) is 21.3 Å². The van der Waals surface area contributed by atoms with Crippen LogP contribution in [0.3, 0.4) is 0 Å². The Morgan fingerprint density at radius 2 is 1.81 bits per heavy atom. The number of rotatable bonds is 5. The van der Waals surface area contributed by atoms with E-state index in [0.29, 0.717) is 0 Å². The summed E-state index contributed by atoms with van der Waals surface area (Å²) in [6.45, 7) is 4.62. The van der Waals surface area contributed by atoms with Crippen LogP contribution in [0.1, 0.15) is 25.5 Å². The lowest BCUT2D eigenvalue weighted by atomic mass is 10.1. The molecule has 0 saturated heterocycles. The zero-order valence-electron chi connectivity index (χ0n) is 11.8. The third-order valence-corrected chi connectivity index (χ3v) is 3.10. The lowest BCUT2D eigenvalue weighted by Gasteiger charge is -2.14. The largest absolute Gasteiger partial charge is 0.451 e. The fourth-order valence-electron chi connectivity index (χ4n) is 1.97. The van der Waals surface area contributed by atoms with Crippen LogP contribution >= 0.6 is 0 Å². The average molecular weight is 295 g/mol. The highest BCUT2D eigenvalue weighted by atomic mass is 19.2. The number of hydrogen-bond acceptors (Lipinski definition) is 2. The van der Waals surface area contributed by atoms with Crippen LogP contribution in [-0.2, 0) is 0 Å². The van der Waals surface area contributed by atoms with Gasteiger partial charge in [-0.25, -0.2) is 8.78 Å². The molecular formula is C16H16F3NO. The molecule has 2 aromatic carbocycles. The van der Waals surface area contributed by atoms with E-state index in [-0.39, 0.29) is 17.5 Å². The molecule has 0 aliphatic carbocycles. The predicted octanol–water partition coefficient (Wildman–Crippen LogP) is 4.57. The van der Waals surface area contributed by atoms with Crippen molar-refractivity contribution in [3.63, 3.8) is 0 Å². The van der Waals surface area contributed by atoms with Crippen LogP contribution in [0.15, 0.2) is 36.4 Å². The Bertz CT molecular complexity index is 631. The maximum atomic E-state index is 14.0. The second-order valence-corrected chi connectivity index (χ2v) is 4.62. The van der Waals surface area contributed by atoms with E-state index in [2.05, 4.69) is 5.32 Å². The maximum Gasteiger partial charge on any atom is 0.201 e. The van der Waals surface area contributed by atoms with E-state index in [0.717, 1.165) is 18.2 Å². The molecule has 0 aliphatic heterocycles. The molecule has 5 heteroatoms. The first kappa shape index (κ1) is 15.4. The van der Waals surface area contributed by atoms with Crippen molar-refractivity contribution in [3.05, 3.63) is 59.4 Å². The number of hydrogen-bond donors (Lipinski definition) is 1. The Morgan fingerprint density at radius 3 is 2.48 bits per heavy atom. The molecule has 2 rings (SSSR count). The van der Waals surface area contributed by atoms with Gasteiger partial charge in [0.15, 0.2) is 23.1 Å². The molecule has 2 aromatic rings. The first-order valence-electron chi connectivity index (χ1n) is 6.67. The Morgan fingerprint density at radius 1 is 1.05 bits per heavy atom. The zero-order chi connectivity index (χ0) is 15.4. The molecule has 0 saturated carbocycles. The van der Waals surface area contributed by atoms with E-state index in [4.69, 9.17) is 4.74 Å². The van der Waals surface area contributed by atoms with E-state index in [1.54, 1.807) is 6.07 Å². The van der Waals surface area contributed by atoms with Gasteiger partial charge in [-0.15, -0.1) is 0 Å². The Kier molecular flexibility index (Phi) is 4.85. The molecule has 2 nitrogen and oxygen atoms in total. The summed E-state index contributed by atoms with van der Waals surface area (Å²) in [5.74, 6) is -3.29. The van der Waals surface area contributed by atoms with Crippen LogP contribution in [0.25, 0.3) is 0 Å². The second kappa shape index (κ2) is 6.63. The molecule has 0 heterocycles. The first-order valence-corrected chi connectivity index (χ1v) is 6.67. The smallest absolute Gasteiger partial charge is 0.201 e. The van der Waals surface area contributed by atoms with Crippen LogP contribution < -0.4 is 10.1 Å². The highest BCUT2D eigenvalue weighted by Crippen LogP contribution is 2.29. The minimum Gasteiger partial charge on any atom is -0.451 e. The van der Waals surface area contributed by atoms with E-state index in [1.165, 1.54) is 24.3 Å². The molecule has 1 unspecified atom stereocenters. The molecule has 0 bridgehead atoms. The fourth-order valence-corrected chi connectivity index (χ4v) is 1.97. The van der Waals surface area contributed by atoms with Crippen molar-refractivity contribution < 1.29 is 17.9 Å². The van der Waals surface area contributed by atoms with Gasteiger partial charge in [0.25, 0.3) is 0 Å². The standard InChI is InChI=1S/C16H16F3NO/c1-3-20-10(2)11-7-8-14(13(18)9-11)21-15-6-4-5-12(17)16(15)19/h4-10,20H,3H2,1-2H3. The van der Waals surface area contributed by atoms with Crippen LogP contribution in [0.5, 0.6) is 11.5 Å².